The smallest absolute Gasteiger partial charge is 0.271 e. The number of ether oxygens (including phenoxy) is 3. The normalized spacial score (nSPS) is 15.3. The summed E-state index contributed by atoms with van der Waals surface area (Å²) in [5.74, 6) is 0.762. The highest BCUT2D eigenvalue weighted by molar-refractivity contribution is 6.19. The van der Waals surface area contributed by atoms with Gasteiger partial charge in [0.15, 0.2) is 11.5 Å². The van der Waals surface area contributed by atoms with E-state index in [4.69, 9.17) is 19.3 Å². The number of aromatic nitrogens is 2. The molecule has 0 unspecified atom stereocenters. The van der Waals surface area contributed by atoms with Gasteiger partial charge in [0, 0.05) is 22.9 Å². The van der Waals surface area contributed by atoms with Crippen LogP contribution in [0.3, 0.4) is 0 Å². The lowest BCUT2D eigenvalue weighted by molar-refractivity contribution is -0.141. The van der Waals surface area contributed by atoms with Crippen molar-refractivity contribution in [3.05, 3.63) is 107 Å². The van der Waals surface area contributed by atoms with Crippen molar-refractivity contribution >= 4 is 17.9 Å². The van der Waals surface area contributed by atoms with E-state index in [2.05, 4.69) is 6.92 Å². The van der Waals surface area contributed by atoms with Gasteiger partial charge in [-0.15, -0.1) is 0 Å². The SMILES string of the molecule is CCCOc1ccc(-c2nn(-c3ccccc3)cc2/C=C2/C(=O)N(Cc3ccc4c(c3)OCO4)C(=O)C(C#N)=C2C)cc1. The summed E-state index contributed by atoms with van der Waals surface area (Å²) in [6, 6.07) is 24.5. The van der Waals surface area contributed by atoms with Crippen LogP contribution < -0.4 is 14.2 Å². The first-order valence-corrected chi connectivity index (χ1v) is 13.9. The van der Waals surface area contributed by atoms with Crippen molar-refractivity contribution in [2.75, 3.05) is 13.4 Å². The Morgan fingerprint density at radius 3 is 2.51 bits per heavy atom. The van der Waals surface area contributed by atoms with Crippen LogP contribution in [0.4, 0.5) is 0 Å². The molecule has 0 saturated carbocycles. The minimum Gasteiger partial charge on any atom is -0.494 e. The summed E-state index contributed by atoms with van der Waals surface area (Å²) in [6.45, 7) is 4.38. The number of imide groups is 1. The molecule has 2 amide bonds. The molecule has 2 aliphatic rings. The minimum atomic E-state index is -0.636. The molecular weight excluding hydrogens is 544 g/mol. The van der Waals surface area contributed by atoms with Crippen molar-refractivity contribution < 1.29 is 23.8 Å². The molecule has 9 nitrogen and oxygen atoms in total. The molecule has 0 N–H and O–H groups in total. The zero-order valence-corrected chi connectivity index (χ0v) is 23.7. The zero-order chi connectivity index (χ0) is 29.9. The van der Waals surface area contributed by atoms with Crippen LogP contribution in [0.2, 0.25) is 0 Å². The fourth-order valence-corrected chi connectivity index (χ4v) is 5.01. The van der Waals surface area contributed by atoms with Gasteiger partial charge in [0.2, 0.25) is 6.79 Å². The van der Waals surface area contributed by atoms with E-state index in [0.717, 1.165) is 28.3 Å². The second kappa shape index (κ2) is 11.7. The number of fused-ring (bicyclic) bond motifs is 1. The minimum absolute atomic E-state index is 0.0283. The summed E-state index contributed by atoms with van der Waals surface area (Å²) in [5, 5.41) is 14.8. The van der Waals surface area contributed by atoms with Gasteiger partial charge in [-0.1, -0.05) is 31.2 Å². The second-order valence-corrected chi connectivity index (χ2v) is 10.1. The van der Waals surface area contributed by atoms with Gasteiger partial charge in [-0.05, 0) is 79.1 Å². The van der Waals surface area contributed by atoms with Gasteiger partial charge in [0.25, 0.3) is 11.8 Å². The third-order valence-electron chi connectivity index (χ3n) is 7.27. The summed E-state index contributed by atoms with van der Waals surface area (Å²) in [4.78, 5) is 28.3. The highest BCUT2D eigenvalue weighted by atomic mass is 16.7. The number of carbonyl (C=O) groups is 2. The van der Waals surface area contributed by atoms with Crippen LogP contribution in [-0.4, -0.2) is 39.9 Å². The maximum Gasteiger partial charge on any atom is 0.271 e. The highest BCUT2D eigenvalue weighted by Crippen LogP contribution is 2.35. The van der Waals surface area contributed by atoms with E-state index in [0.29, 0.717) is 40.5 Å². The van der Waals surface area contributed by atoms with E-state index in [1.165, 1.54) is 0 Å². The van der Waals surface area contributed by atoms with Crippen molar-refractivity contribution in [3.8, 4) is 40.3 Å². The first-order valence-electron chi connectivity index (χ1n) is 13.9. The molecule has 9 heteroatoms. The van der Waals surface area contributed by atoms with E-state index < -0.39 is 11.8 Å². The number of para-hydroxylation sites is 1. The topological polar surface area (TPSA) is 107 Å². The molecule has 214 valence electrons. The number of nitrogens with zero attached hydrogens (tertiary/aromatic N) is 4. The van der Waals surface area contributed by atoms with E-state index >= 15 is 0 Å². The Hall–Kier alpha value is -5.62. The molecule has 43 heavy (non-hydrogen) atoms. The van der Waals surface area contributed by atoms with Crippen molar-refractivity contribution in [2.24, 2.45) is 0 Å². The largest absolute Gasteiger partial charge is 0.494 e. The van der Waals surface area contributed by atoms with Gasteiger partial charge in [-0.25, -0.2) is 4.68 Å². The van der Waals surface area contributed by atoms with E-state index in [9.17, 15) is 14.9 Å². The molecule has 0 aliphatic carbocycles. The van der Waals surface area contributed by atoms with E-state index in [-0.39, 0.29) is 24.5 Å². The van der Waals surface area contributed by atoms with Crippen LogP contribution in [0.15, 0.2) is 95.7 Å². The van der Waals surface area contributed by atoms with Crippen LogP contribution in [-0.2, 0) is 16.1 Å². The summed E-state index contributed by atoms with van der Waals surface area (Å²) in [7, 11) is 0. The monoisotopic (exact) mass is 572 g/mol. The van der Waals surface area contributed by atoms with Gasteiger partial charge < -0.3 is 14.2 Å². The van der Waals surface area contributed by atoms with Crippen molar-refractivity contribution in [3.63, 3.8) is 0 Å². The Kier molecular flexibility index (Phi) is 7.50. The zero-order valence-electron chi connectivity index (χ0n) is 23.7. The number of benzene rings is 3. The lowest BCUT2D eigenvalue weighted by Gasteiger charge is -2.27. The van der Waals surface area contributed by atoms with Crippen LogP contribution in [0.5, 0.6) is 17.2 Å². The molecule has 0 bridgehead atoms. The first-order chi connectivity index (χ1) is 21.0. The van der Waals surface area contributed by atoms with Gasteiger partial charge in [0.05, 0.1) is 24.5 Å². The Morgan fingerprint density at radius 1 is 1.00 bits per heavy atom. The van der Waals surface area contributed by atoms with Gasteiger partial charge >= 0.3 is 0 Å². The number of hydrogen-bond donors (Lipinski definition) is 0. The number of carbonyl (C=O) groups excluding carboxylic acids is 2. The van der Waals surface area contributed by atoms with Crippen LogP contribution in [0.25, 0.3) is 23.0 Å². The Balaban J connectivity index is 1.42. The second-order valence-electron chi connectivity index (χ2n) is 10.1. The molecule has 0 radical (unpaired) electrons. The third kappa shape index (κ3) is 5.38. The highest BCUT2D eigenvalue weighted by Gasteiger charge is 2.36. The fraction of sp³-hybridized carbons (Fsp3) is 0.176. The molecule has 4 aromatic rings. The van der Waals surface area contributed by atoms with Crippen LogP contribution in [0.1, 0.15) is 31.4 Å². The average molecular weight is 573 g/mol. The first kappa shape index (κ1) is 27.5. The van der Waals surface area contributed by atoms with Crippen LogP contribution in [0, 0.1) is 11.3 Å². The maximum absolute atomic E-state index is 13.9. The van der Waals surface area contributed by atoms with Crippen molar-refractivity contribution in [2.45, 2.75) is 26.8 Å². The quantitative estimate of drug-likeness (QED) is 0.193. The maximum atomic E-state index is 13.9. The average Bonchev–Trinajstić information content (AvgIpc) is 3.68. The Morgan fingerprint density at radius 2 is 1.77 bits per heavy atom. The Bertz CT molecular complexity index is 1810. The standard InChI is InChI=1S/C34H28N4O5/c1-3-15-41-27-12-10-24(11-13-27)32-25(20-38(36-32)26-7-5-4-6-8-26)17-28-22(2)29(18-35)34(40)37(33(28)39)19-23-9-14-30-31(16-23)43-21-42-30/h4-14,16-17,20H,3,15,19,21H2,1-2H3/b28-17+. The van der Waals surface area contributed by atoms with Gasteiger partial charge in [0.1, 0.15) is 17.4 Å². The molecule has 2 aliphatic heterocycles. The molecule has 3 heterocycles. The molecule has 0 fully saturated rings. The molecule has 0 saturated heterocycles. The lowest BCUT2D eigenvalue weighted by atomic mass is 9.93. The molecular formula is C34H28N4O5. The van der Waals surface area contributed by atoms with Gasteiger partial charge in [-0.2, -0.15) is 10.4 Å². The molecule has 3 aromatic carbocycles. The number of rotatable bonds is 8. The molecule has 0 atom stereocenters. The predicted octanol–water partition coefficient (Wildman–Crippen LogP) is 5.85. The lowest BCUT2D eigenvalue weighted by Crippen LogP contribution is -2.42. The summed E-state index contributed by atoms with van der Waals surface area (Å²) >= 11 is 0. The predicted molar refractivity (Wildman–Crippen MR) is 159 cm³/mol. The molecule has 0 spiro atoms. The molecule has 1 aromatic heterocycles. The molecule has 6 rings (SSSR count). The fourth-order valence-electron chi connectivity index (χ4n) is 5.01. The summed E-state index contributed by atoms with van der Waals surface area (Å²) in [5.41, 5.74) is 4.11. The summed E-state index contributed by atoms with van der Waals surface area (Å²) < 4.78 is 18.3. The van der Waals surface area contributed by atoms with Gasteiger partial charge in [-0.3, -0.25) is 14.5 Å². The number of amides is 2. The summed E-state index contributed by atoms with van der Waals surface area (Å²) in [6.07, 6.45) is 4.45. The van der Waals surface area contributed by atoms with Crippen molar-refractivity contribution in [1.82, 2.24) is 14.7 Å². The Labute approximate surface area is 248 Å². The van der Waals surface area contributed by atoms with E-state index in [1.54, 1.807) is 35.9 Å². The third-order valence-corrected chi connectivity index (χ3v) is 7.27. The van der Waals surface area contributed by atoms with Crippen LogP contribution >= 0.6 is 0 Å². The number of hydrogen-bond acceptors (Lipinski definition) is 7. The van der Waals surface area contributed by atoms with Crippen molar-refractivity contribution in [1.29, 1.82) is 5.26 Å². The number of nitriles is 1. The van der Waals surface area contributed by atoms with E-state index in [1.807, 2.05) is 66.9 Å².